The molecule has 2 aliphatic rings. The van der Waals surface area contributed by atoms with E-state index in [9.17, 15) is 9.59 Å². The molecule has 0 aromatic heterocycles. The lowest BCUT2D eigenvalue weighted by molar-refractivity contribution is -0.140. The van der Waals surface area contributed by atoms with E-state index in [0.29, 0.717) is 32.8 Å². The maximum atomic E-state index is 13.1. The van der Waals surface area contributed by atoms with Crippen LogP contribution >= 0.6 is 0 Å². The summed E-state index contributed by atoms with van der Waals surface area (Å²) < 4.78 is 5.53. The van der Waals surface area contributed by atoms with E-state index < -0.39 is 0 Å². The summed E-state index contributed by atoms with van der Waals surface area (Å²) in [6, 6.07) is 6.14. The molecule has 0 radical (unpaired) electrons. The van der Waals surface area contributed by atoms with Gasteiger partial charge in [0.1, 0.15) is 6.10 Å². The number of rotatable bonds is 2. The van der Waals surface area contributed by atoms with Crippen LogP contribution in [0.3, 0.4) is 0 Å². The van der Waals surface area contributed by atoms with Crippen molar-refractivity contribution in [1.82, 2.24) is 9.80 Å². The fourth-order valence-electron chi connectivity index (χ4n) is 3.86. The zero-order valence-electron chi connectivity index (χ0n) is 17.1. The molecule has 0 aliphatic carbocycles. The molecular weight excluding hydrogens is 340 g/mol. The number of nitrogens with zero attached hydrogens (tertiary/aromatic N) is 2. The lowest BCUT2D eigenvalue weighted by Crippen LogP contribution is -2.41. The summed E-state index contributed by atoms with van der Waals surface area (Å²) in [5.41, 5.74) is 3.09. The Bertz CT molecular complexity index is 702. The van der Waals surface area contributed by atoms with Crippen LogP contribution in [0.15, 0.2) is 18.2 Å². The largest absolute Gasteiger partial charge is 0.368 e. The zero-order valence-corrected chi connectivity index (χ0v) is 17.1. The van der Waals surface area contributed by atoms with E-state index in [1.807, 2.05) is 22.8 Å². The number of hydrogen-bond donors (Lipinski definition) is 0. The number of amides is 2. The molecular formula is C22H32N2O3. The summed E-state index contributed by atoms with van der Waals surface area (Å²) in [4.78, 5) is 29.4. The maximum absolute atomic E-state index is 13.1. The topological polar surface area (TPSA) is 49.9 Å². The highest BCUT2D eigenvalue weighted by Gasteiger charge is 2.30. The number of ether oxygens (including phenoxy) is 1. The molecule has 1 atom stereocenters. The van der Waals surface area contributed by atoms with Gasteiger partial charge in [-0.05, 0) is 48.8 Å². The van der Waals surface area contributed by atoms with Crippen molar-refractivity contribution in [2.75, 3.05) is 32.8 Å². The highest BCUT2D eigenvalue weighted by atomic mass is 16.5. The molecule has 0 N–H and O–H groups in total. The number of hydrogen-bond acceptors (Lipinski definition) is 3. The van der Waals surface area contributed by atoms with Gasteiger partial charge >= 0.3 is 0 Å². The van der Waals surface area contributed by atoms with Crippen LogP contribution < -0.4 is 0 Å². The van der Waals surface area contributed by atoms with E-state index in [4.69, 9.17) is 4.74 Å². The van der Waals surface area contributed by atoms with E-state index in [0.717, 1.165) is 30.4 Å². The van der Waals surface area contributed by atoms with Gasteiger partial charge in [0.05, 0.1) is 0 Å². The van der Waals surface area contributed by atoms with Crippen LogP contribution in [-0.4, -0.2) is 60.5 Å². The Kier molecular flexibility index (Phi) is 5.89. The smallest absolute Gasteiger partial charge is 0.254 e. The molecule has 148 valence electrons. The summed E-state index contributed by atoms with van der Waals surface area (Å²) in [5, 5.41) is 0. The van der Waals surface area contributed by atoms with E-state index in [-0.39, 0.29) is 23.3 Å². The van der Waals surface area contributed by atoms with Crippen molar-refractivity contribution < 1.29 is 14.3 Å². The third kappa shape index (κ3) is 4.52. The molecule has 2 aliphatic heterocycles. The maximum Gasteiger partial charge on any atom is 0.254 e. The van der Waals surface area contributed by atoms with Crippen molar-refractivity contribution in [1.29, 1.82) is 0 Å². The fraction of sp³-hybridized carbons (Fsp3) is 0.636. The van der Waals surface area contributed by atoms with Crippen LogP contribution in [0.2, 0.25) is 0 Å². The molecule has 2 heterocycles. The summed E-state index contributed by atoms with van der Waals surface area (Å²) in [7, 11) is 0. The van der Waals surface area contributed by atoms with Crippen molar-refractivity contribution in [2.24, 2.45) is 0 Å². The van der Waals surface area contributed by atoms with Gasteiger partial charge in [-0.3, -0.25) is 9.59 Å². The van der Waals surface area contributed by atoms with Crippen molar-refractivity contribution in [3.63, 3.8) is 0 Å². The molecule has 1 aromatic rings. The van der Waals surface area contributed by atoms with E-state index in [1.165, 1.54) is 5.56 Å². The second-order valence-corrected chi connectivity index (χ2v) is 8.75. The number of benzene rings is 1. The van der Waals surface area contributed by atoms with Gasteiger partial charge in [0.25, 0.3) is 11.8 Å². The van der Waals surface area contributed by atoms with Crippen molar-refractivity contribution in [2.45, 2.75) is 58.5 Å². The Morgan fingerprint density at radius 1 is 1.04 bits per heavy atom. The summed E-state index contributed by atoms with van der Waals surface area (Å²) in [6.45, 7) is 11.8. The van der Waals surface area contributed by atoms with Crippen molar-refractivity contribution in [3.05, 3.63) is 34.9 Å². The first-order chi connectivity index (χ1) is 12.8. The SMILES string of the molecule is Cc1cc(C(C)(C)C)ccc1C(=O)N1CCCN(C(=O)C2CCCO2)CC1. The Morgan fingerprint density at radius 2 is 1.74 bits per heavy atom. The summed E-state index contributed by atoms with van der Waals surface area (Å²) in [6.07, 6.45) is 2.30. The zero-order chi connectivity index (χ0) is 19.6. The monoisotopic (exact) mass is 372 g/mol. The highest BCUT2D eigenvalue weighted by molar-refractivity contribution is 5.95. The van der Waals surface area contributed by atoms with E-state index in [2.05, 4.69) is 32.9 Å². The number of carbonyl (C=O) groups excluding carboxylic acids is 2. The van der Waals surface area contributed by atoms with Gasteiger partial charge in [-0.2, -0.15) is 0 Å². The van der Waals surface area contributed by atoms with Crippen molar-refractivity contribution in [3.8, 4) is 0 Å². The standard InChI is InChI=1S/C22H32N2O3/c1-16-15-17(22(2,3)4)8-9-18(16)20(25)23-10-6-11-24(13-12-23)21(26)19-7-5-14-27-19/h8-9,15,19H,5-7,10-14H2,1-4H3. The molecule has 1 aromatic carbocycles. The summed E-state index contributed by atoms with van der Waals surface area (Å²) >= 11 is 0. The Morgan fingerprint density at radius 3 is 2.37 bits per heavy atom. The first-order valence-corrected chi connectivity index (χ1v) is 10.1. The van der Waals surface area contributed by atoms with Crippen LogP contribution in [0.4, 0.5) is 0 Å². The number of carbonyl (C=O) groups is 2. The predicted molar refractivity (Wildman–Crippen MR) is 106 cm³/mol. The van der Waals surface area contributed by atoms with Gasteiger partial charge in [-0.1, -0.05) is 32.9 Å². The molecule has 1 unspecified atom stereocenters. The minimum absolute atomic E-state index is 0.0676. The molecule has 0 spiro atoms. The Hall–Kier alpha value is -1.88. The van der Waals surface area contributed by atoms with E-state index >= 15 is 0 Å². The highest BCUT2D eigenvalue weighted by Crippen LogP contribution is 2.25. The second kappa shape index (κ2) is 8.01. The Balaban J connectivity index is 1.66. The average molecular weight is 373 g/mol. The van der Waals surface area contributed by atoms with Gasteiger partial charge < -0.3 is 14.5 Å². The van der Waals surface area contributed by atoms with Gasteiger partial charge in [0.2, 0.25) is 0 Å². The molecule has 2 saturated heterocycles. The lowest BCUT2D eigenvalue weighted by atomic mass is 9.85. The first kappa shape index (κ1) is 19.9. The van der Waals surface area contributed by atoms with Crippen molar-refractivity contribution >= 4 is 11.8 Å². The second-order valence-electron chi connectivity index (χ2n) is 8.75. The molecule has 0 bridgehead atoms. The van der Waals surface area contributed by atoms with Crippen LogP contribution in [0, 0.1) is 6.92 Å². The quantitative estimate of drug-likeness (QED) is 0.801. The predicted octanol–water partition coefficient (Wildman–Crippen LogP) is 3.15. The first-order valence-electron chi connectivity index (χ1n) is 10.1. The van der Waals surface area contributed by atoms with Gasteiger partial charge in [-0.25, -0.2) is 0 Å². The number of aryl methyl sites for hydroxylation is 1. The van der Waals surface area contributed by atoms with Crippen LogP contribution in [0.1, 0.15) is 61.5 Å². The van der Waals surface area contributed by atoms with Crippen LogP contribution in [0.5, 0.6) is 0 Å². The molecule has 5 heteroatoms. The third-order valence-corrected chi connectivity index (χ3v) is 5.62. The molecule has 27 heavy (non-hydrogen) atoms. The van der Waals surface area contributed by atoms with Gasteiger partial charge in [-0.15, -0.1) is 0 Å². The Labute approximate surface area is 162 Å². The molecule has 3 rings (SSSR count). The molecule has 0 saturated carbocycles. The third-order valence-electron chi connectivity index (χ3n) is 5.62. The minimum atomic E-state index is -0.278. The van der Waals surface area contributed by atoms with Crippen LogP contribution in [0.25, 0.3) is 0 Å². The van der Waals surface area contributed by atoms with Gasteiger partial charge in [0, 0.05) is 38.3 Å². The molecule has 2 fully saturated rings. The fourth-order valence-corrected chi connectivity index (χ4v) is 3.86. The molecule has 2 amide bonds. The lowest BCUT2D eigenvalue weighted by Gasteiger charge is -2.25. The van der Waals surface area contributed by atoms with Crippen LogP contribution in [-0.2, 0) is 14.9 Å². The average Bonchev–Trinajstić information content (AvgIpc) is 3.04. The summed E-state index contributed by atoms with van der Waals surface area (Å²) in [5.74, 6) is 0.159. The molecule has 5 nitrogen and oxygen atoms in total. The van der Waals surface area contributed by atoms with E-state index in [1.54, 1.807) is 0 Å². The normalized spacial score (nSPS) is 21.3. The minimum Gasteiger partial charge on any atom is -0.368 e. The van der Waals surface area contributed by atoms with Gasteiger partial charge in [0.15, 0.2) is 0 Å².